The van der Waals surface area contributed by atoms with Gasteiger partial charge in [0.1, 0.15) is 15.7 Å². The molecule has 1 unspecified atom stereocenters. The number of carboxylic acids is 2. The highest BCUT2D eigenvalue weighted by Gasteiger charge is 2.20. The minimum absolute atomic E-state index is 0.373. The molecule has 3 N–H and O–H groups in total. The standard InChI is InChI=1S/C16H23N5S4.C2H2O4/c1-11-13(7-6-8-17-11)14-15(21-25-20-14)22-9-4-3-5-10-23-16-19-18-12(2)24-16;3-1(4)2(5)6/h7,11,17H,3-6,8-10H2,1-2H3;(H,3,4)(H,5,6). The van der Waals surface area contributed by atoms with Gasteiger partial charge in [0, 0.05) is 11.8 Å². The molecule has 0 radical (unpaired) electrons. The van der Waals surface area contributed by atoms with Gasteiger partial charge in [-0.25, -0.2) is 9.59 Å². The van der Waals surface area contributed by atoms with Crippen LogP contribution in [-0.2, 0) is 9.59 Å². The summed E-state index contributed by atoms with van der Waals surface area (Å²) in [6.45, 7) is 5.26. The maximum absolute atomic E-state index is 9.10. The van der Waals surface area contributed by atoms with Crippen LogP contribution < -0.4 is 5.32 Å². The van der Waals surface area contributed by atoms with E-state index in [2.05, 4.69) is 37.3 Å². The molecule has 13 heteroatoms. The number of nitrogens with zero attached hydrogens (tertiary/aromatic N) is 4. The second kappa shape index (κ2) is 13.8. The van der Waals surface area contributed by atoms with Crippen molar-refractivity contribution >= 4 is 64.1 Å². The number of rotatable bonds is 9. The van der Waals surface area contributed by atoms with E-state index in [1.54, 1.807) is 11.3 Å². The van der Waals surface area contributed by atoms with Gasteiger partial charge in [0.15, 0.2) is 4.34 Å². The molecule has 3 rings (SSSR count). The van der Waals surface area contributed by atoms with Crippen LogP contribution in [0.4, 0.5) is 0 Å². The molecule has 9 nitrogen and oxygen atoms in total. The first kappa shape index (κ1) is 25.7. The van der Waals surface area contributed by atoms with Crippen molar-refractivity contribution in [2.24, 2.45) is 0 Å². The van der Waals surface area contributed by atoms with Crippen LogP contribution >= 0.6 is 46.6 Å². The summed E-state index contributed by atoms with van der Waals surface area (Å²) in [5.74, 6) is -1.42. The summed E-state index contributed by atoms with van der Waals surface area (Å²) in [5.41, 5.74) is 2.41. The molecular formula is C18H25N5O4S4. The third-order valence-electron chi connectivity index (χ3n) is 4.10. The lowest BCUT2D eigenvalue weighted by atomic mass is 10.0. The molecule has 1 aliphatic heterocycles. The summed E-state index contributed by atoms with van der Waals surface area (Å²) < 4.78 is 10.1. The number of nitrogens with one attached hydrogen (secondary N) is 1. The van der Waals surface area contributed by atoms with Crippen LogP contribution in [0.5, 0.6) is 0 Å². The summed E-state index contributed by atoms with van der Waals surface area (Å²) >= 11 is 6.68. The van der Waals surface area contributed by atoms with Crippen LogP contribution in [-0.4, -0.2) is 65.2 Å². The molecule has 1 atom stereocenters. The number of hydrogen-bond donors (Lipinski definition) is 3. The summed E-state index contributed by atoms with van der Waals surface area (Å²) in [5, 5.41) is 28.6. The first-order valence-corrected chi connectivity index (χ1v) is 13.2. The van der Waals surface area contributed by atoms with Crippen molar-refractivity contribution < 1.29 is 19.8 Å². The Balaban J connectivity index is 0.000000501. The number of aliphatic carboxylic acids is 2. The molecule has 0 saturated heterocycles. The number of hydrogen-bond acceptors (Lipinski definition) is 11. The lowest BCUT2D eigenvalue weighted by Gasteiger charge is -2.21. The van der Waals surface area contributed by atoms with Crippen molar-refractivity contribution in [3.63, 3.8) is 0 Å². The normalized spacial score (nSPS) is 15.7. The number of aromatic nitrogens is 4. The molecule has 0 amide bonds. The Labute approximate surface area is 197 Å². The predicted molar refractivity (Wildman–Crippen MR) is 125 cm³/mol. The van der Waals surface area contributed by atoms with Gasteiger partial charge in [0.05, 0.1) is 11.7 Å². The van der Waals surface area contributed by atoms with E-state index in [-0.39, 0.29) is 0 Å². The first-order valence-electron chi connectivity index (χ1n) is 9.66. The number of aryl methyl sites for hydroxylation is 1. The zero-order chi connectivity index (χ0) is 22.6. The maximum atomic E-state index is 9.10. The lowest BCUT2D eigenvalue weighted by Crippen LogP contribution is -2.31. The summed E-state index contributed by atoms with van der Waals surface area (Å²) in [7, 11) is 0. The van der Waals surface area contributed by atoms with E-state index in [0.29, 0.717) is 6.04 Å². The second-order valence-electron chi connectivity index (χ2n) is 6.50. The van der Waals surface area contributed by atoms with Gasteiger partial charge in [-0.3, -0.25) is 0 Å². The molecule has 31 heavy (non-hydrogen) atoms. The predicted octanol–water partition coefficient (Wildman–Crippen LogP) is 3.67. The number of unbranched alkanes of at least 4 members (excludes halogenated alkanes) is 2. The van der Waals surface area contributed by atoms with E-state index in [0.717, 1.165) is 44.5 Å². The van der Waals surface area contributed by atoms with Crippen LogP contribution in [0.2, 0.25) is 0 Å². The van der Waals surface area contributed by atoms with Crippen molar-refractivity contribution in [2.45, 2.75) is 54.9 Å². The fraction of sp³-hybridized carbons (Fsp3) is 0.556. The highest BCUT2D eigenvalue weighted by Crippen LogP contribution is 2.30. The zero-order valence-corrected chi connectivity index (χ0v) is 20.5. The van der Waals surface area contributed by atoms with E-state index < -0.39 is 11.9 Å². The van der Waals surface area contributed by atoms with Gasteiger partial charge in [-0.05, 0) is 51.0 Å². The molecule has 0 spiro atoms. The molecule has 1 aliphatic rings. The van der Waals surface area contributed by atoms with Crippen LogP contribution in [0.1, 0.15) is 43.3 Å². The third-order valence-corrected chi connectivity index (χ3v) is 7.85. The van der Waals surface area contributed by atoms with Crippen molar-refractivity contribution in [3.8, 4) is 0 Å². The quantitative estimate of drug-likeness (QED) is 0.262. The molecule has 3 heterocycles. The van der Waals surface area contributed by atoms with Crippen molar-refractivity contribution in [1.82, 2.24) is 24.3 Å². The van der Waals surface area contributed by atoms with E-state index in [4.69, 9.17) is 19.8 Å². The van der Waals surface area contributed by atoms with E-state index in [1.807, 2.05) is 30.4 Å². The fourth-order valence-corrected chi connectivity index (χ4v) is 6.18. The number of carboxylic acid groups (broad SMARTS) is 2. The zero-order valence-electron chi connectivity index (χ0n) is 17.2. The average Bonchev–Trinajstić information content (AvgIpc) is 3.37. The Morgan fingerprint density at radius 2 is 1.84 bits per heavy atom. The lowest BCUT2D eigenvalue weighted by molar-refractivity contribution is -0.159. The fourth-order valence-electron chi connectivity index (χ4n) is 2.61. The maximum Gasteiger partial charge on any atom is 0.414 e. The number of carbonyl (C=O) groups is 2. The van der Waals surface area contributed by atoms with Gasteiger partial charge < -0.3 is 15.5 Å². The Morgan fingerprint density at radius 1 is 1.13 bits per heavy atom. The molecule has 0 fully saturated rings. The van der Waals surface area contributed by atoms with Gasteiger partial charge >= 0.3 is 11.9 Å². The Bertz CT molecular complexity index is 874. The largest absolute Gasteiger partial charge is 0.473 e. The minimum Gasteiger partial charge on any atom is -0.473 e. The molecule has 170 valence electrons. The minimum atomic E-state index is -1.82. The molecule has 0 bridgehead atoms. The average molecular weight is 504 g/mol. The van der Waals surface area contributed by atoms with Crippen molar-refractivity contribution in [2.75, 3.05) is 18.1 Å². The Morgan fingerprint density at radius 3 is 2.45 bits per heavy atom. The summed E-state index contributed by atoms with van der Waals surface area (Å²) in [6.07, 6.45) is 7.06. The smallest absolute Gasteiger partial charge is 0.414 e. The molecular weight excluding hydrogens is 478 g/mol. The van der Waals surface area contributed by atoms with Crippen LogP contribution in [0.15, 0.2) is 15.4 Å². The molecule has 0 aliphatic carbocycles. The summed E-state index contributed by atoms with van der Waals surface area (Å²) in [6, 6.07) is 0.373. The molecule has 0 aromatic carbocycles. The van der Waals surface area contributed by atoms with Crippen LogP contribution in [0, 0.1) is 6.92 Å². The van der Waals surface area contributed by atoms with Crippen LogP contribution in [0.25, 0.3) is 5.57 Å². The Hall–Kier alpha value is -1.54. The molecule has 2 aromatic heterocycles. The van der Waals surface area contributed by atoms with E-state index in [1.165, 1.54) is 36.6 Å². The van der Waals surface area contributed by atoms with Gasteiger partial charge in [0.25, 0.3) is 0 Å². The third kappa shape index (κ3) is 9.23. The number of thioether (sulfide) groups is 2. The van der Waals surface area contributed by atoms with Gasteiger partial charge in [-0.2, -0.15) is 8.75 Å². The second-order valence-corrected chi connectivity index (χ2v) is 10.6. The monoisotopic (exact) mass is 503 g/mol. The van der Waals surface area contributed by atoms with E-state index >= 15 is 0 Å². The SMILES string of the molecule is Cc1nnc(SCCCCCSc2nsnc2C2=CCCNC2C)s1.O=C(O)C(=O)O. The van der Waals surface area contributed by atoms with E-state index in [9.17, 15) is 0 Å². The summed E-state index contributed by atoms with van der Waals surface area (Å²) in [4.78, 5) is 18.2. The van der Waals surface area contributed by atoms with Gasteiger partial charge in [-0.15, -0.1) is 22.0 Å². The van der Waals surface area contributed by atoms with Crippen molar-refractivity contribution in [3.05, 3.63) is 16.8 Å². The molecule has 2 aromatic rings. The van der Waals surface area contributed by atoms with Crippen molar-refractivity contribution in [1.29, 1.82) is 0 Å². The first-order chi connectivity index (χ1) is 14.9. The highest BCUT2D eigenvalue weighted by atomic mass is 32.2. The van der Waals surface area contributed by atoms with Gasteiger partial charge in [-0.1, -0.05) is 35.6 Å². The van der Waals surface area contributed by atoms with Gasteiger partial charge in [0.2, 0.25) is 0 Å². The topological polar surface area (TPSA) is 138 Å². The molecule has 0 saturated carbocycles. The highest BCUT2D eigenvalue weighted by molar-refractivity contribution is 8.01. The van der Waals surface area contributed by atoms with Crippen LogP contribution in [0.3, 0.4) is 0 Å². The Kier molecular flexibility index (Phi) is 11.4.